The Labute approximate surface area is 164 Å². The summed E-state index contributed by atoms with van der Waals surface area (Å²) in [6.07, 6.45) is 1.10. The lowest BCUT2D eigenvalue weighted by atomic mass is 10.1. The third-order valence-corrected chi connectivity index (χ3v) is 3.74. The summed E-state index contributed by atoms with van der Waals surface area (Å²) in [4.78, 5) is 15.8. The molecule has 1 aromatic carbocycles. The molecule has 0 radical (unpaired) electrons. The molecular weight excluding hydrogens is 328 g/mol. The number of hydrogen-bond donors (Lipinski definition) is 0. The molecule has 0 spiro atoms. The first-order valence-corrected chi connectivity index (χ1v) is 10.7. The second kappa shape index (κ2) is 23.3. The van der Waals surface area contributed by atoms with Crippen molar-refractivity contribution in [3.8, 4) is 0 Å². The molecule has 0 N–H and O–H groups in total. The number of hydrogen-bond acceptors (Lipinski definition) is 4. The van der Waals surface area contributed by atoms with Gasteiger partial charge in [-0.2, -0.15) is 0 Å². The highest BCUT2D eigenvalue weighted by atomic mass is 32.1. The standard InChI is InChI=1S/C13H22N2OS.4C2H6/c1-5-15(6-2)9-7-8-14(4)11-10(3)12(16)13(11)17;4*1-2/h5-9H2,1-4H3;4*1-2H3. The van der Waals surface area contributed by atoms with Crippen molar-refractivity contribution in [2.75, 3.05) is 38.1 Å². The molecule has 1 rings (SSSR count). The van der Waals surface area contributed by atoms with Crippen LogP contribution in [0.4, 0.5) is 5.69 Å². The zero-order valence-corrected chi connectivity index (χ0v) is 20.1. The van der Waals surface area contributed by atoms with Crippen LogP contribution in [0.1, 0.15) is 81.2 Å². The van der Waals surface area contributed by atoms with Gasteiger partial charge in [0, 0.05) is 19.2 Å². The van der Waals surface area contributed by atoms with Crippen molar-refractivity contribution in [3.63, 3.8) is 0 Å². The van der Waals surface area contributed by atoms with E-state index in [9.17, 15) is 4.79 Å². The van der Waals surface area contributed by atoms with Crippen LogP contribution < -0.4 is 10.3 Å². The molecule has 0 aliphatic carbocycles. The second-order valence-corrected chi connectivity index (χ2v) is 4.84. The SMILES string of the molecule is CC.CC.CC.CC.CCN(CC)CCCN(C)c1c(C)c(=O)c1=S. The van der Waals surface area contributed by atoms with Crippen molar-refractivity contribution in [2.45, 2.75) is 82.6 Å². The van der Waals surface area contributed by atoms with E-state index in [1.54, 1.807) is 0 Å². The Balaban J connectivity index is -0.000000241. The lowest BCUT2D eigenvalue weighted by molar-refractivity contribution is 0.301. The highest BCUT2D eigenvalue weighted by Gasteiger charge is 2.16. The summed E-state index contributed by atoms with van der Waals surface area (Å²) in [7, 11) is 2.01. The van der Waals surface area contributed by atoms with Crippen LogP contribution in [0.2, 0.25) is 0 Å². The fraction of sp³-hybridized carbons (Fsp3) is 0.810. The molecule has 25 heavy (non-hydrogen) atoms. The van der Waals surface area contributed by atoms with Crippen LogP contribution in [0.5, 0.6) is 0 Å². The molecule has 0 aliphatic rings. The van der Waals surface area contributed by atoms with E-state index in [0.29, 0.717) is 4.51 Å². The first-order chi connectivity index (χ1) is 12.0. The number of nitrogens with zero attached hydrogens (tertiary/aromatic N) is 2. The molecule has 0 fully saturated rings. The van der Waals surface area contributed by atoms with Crippen molar-refractivity contribution >= 4 is 17.9 Å². The zero-order chi connectivity index (χ0) is 21.0. The van der Waals surface area contributed by atoms with Crippen LogP contribution in [0, 0.1) is 11.4 Å². The third kappa shape index (κ3) is 12.3. The fourth-order valence-corrected chi connectivity index (χ4v) is 2.60. The quantitative estimate of drug-likeness (QED) is 0.528. The molecule has 0 aliphatic heterocycles. The Morgan fingerprint density at radius 2 is 1.24 bits per heavy atom. The molecule has 0 saturated carbocycles. The molecule has 0 heterocycles. The Bertz CT molecular complexity index is 433. The monoisotopic (exact) mass is 374 g/mol. The molecule has 0 bridgehead atoms. The fourth-order valence-electron chi connectivity index (χ4n) is 2.14. The van der Waals surface area contributed by atoms with Gasteiger partial charge < -0.3 is 9.80 Å². The predicted molar refractivity (Wildman–Crippen MR) is 122 cm³/mol. The maximum atomic E-state index is 11.3. The van der Waals surface area contributed by atoms with E-state index in [0.717, 1.165) is 43.9 Å². The van der Waals surface area contributed by atoms with Crippen molar-refractivity contribution in [2.24, 2.45) is 0 Å². The molecule has 1 aromatic rings. The summed E-state index contributed by atoms with van der Waals surface area (Å²) in [6.45, 7) is 26.5. The average molecular weight is 375 g/mol. The average Bonchev–Trinajstić information content (AvgIpc) is 2.71. The van der Waals surface area contributed by atoms with Gasteiger partial charge in [0.1, 0.15) is 4.51 Å². The largest absolute Gasteiger partial charge is 0.373 e. The van der Waals surface area contributed by atoms with Crippen molar-refractivity contribution in [1.82, 2.24) is 4.90 Å². The molecule has 152 valence electrons. The highest BCUT2D eigenvalue weighted by Crippen LogP contribution is 2.20. The lowest BCUT2D eigenvalue weighted by Crippen LogP contribution is -2.31. The van der Waals surface area contributed by atoms with Crippen molar-refractivity contribution in [3.05, 3.63) is 20.3 Å². The Kier molecular flexibility index (Phi) is 29.8. The van der Waals surface area contributed by atoms with E-state index in [-0.39, 0.29) is 5.43 Å². The van der Waals surface area contributed by atoms with Gasteiger partial charge in [0.15, 0.2) is 0 Å². The van der Waals surface area contributed by atoms with Crippen LogP contribution >= 0.6 is 12.2 Å². The normalized spacial score (nSPS) is 8.68. The minimum Gasteiger partial charge on any atom is -0.373 e. The summed E-state index contributed by atoms with van der Waals surface area (Å²) in [5, 5.41) is 0. The Morgan fingerprint density at radius 3 is 1.56 bits per heavy atom. The maximum absolute atomic E-state index is 11.3. The molecule has 0 atom stereocenters. The van der Waals surface area contributed by atoms with Crippen LogP contribution in [0.25, 0.3) is 0 Å². The van der Waals surface area contributed by atoms with Crippen molar-refractivity contribution < 1.29 is 0 Å². The van der Waals surface area contributed by atoms with E-state index in [4.69, 9.17) is 12.2 Å². The molecule has 0 saturated heterocycles. The third-order valence-electron chi connectivity index (χ3n) is 3.36. The van der Waals surface area contributed by atoms with Crippen LogP contribution in [0.15, 0.2) is 4.79 Å². The van der Waals surface area contributed by atoms with Gasteiger partial charge in [-0.15, -0.1) is 0 Å². The Hall–Kier alpha value is -0.740. The maximum Gasteiger partial charge on any atom is 0.203 e. The summed E-state index contributed by atoms with van der Waals surface area (Å²) in [5.74, 6) is 0. The van der Waals surface area contributed by atoms with E-state index in [1.165, 1.54) is 0 Å². The van der Waals surface area contributed by atoms with Gasteiger partial charge in [0.2, 0.25) is 5.43 Å². The number of rotatable bonds is 7. The van der Waals surface area contributed by atoms with Gasteiger partial charge in [0.05, 0.1) is 5.69 Å². The minimum atomic E-state index is 0.0468. The van der Waals surface area contributed by atoms with Crippen LogP contribution in [-0.4, -0.2) is 38.1 Å². The molecule has 3 nitrogen and oxygen atoms in total. The summed E-state index contributed by atoms with van der Waals surface area (Å²) in [5.41, 5.74) is 1.84. The van der Waals surface area contributed by atoms with E-state index in [1.807, 2.05) is 69.4 Å². The van der Waals surface area contributed by atoms with E-state index < -0.39 is 0 Å². The first kappa shape index (κ1) is 32.0. The first-order valence-electron chi connectivity index (χ1n) is 10.3. The molecule has 4 heteroatoms. The topological polar surface area (TPSA) is 23.6 Å². The smallest absolute Gasteiger partial charge is 0.203 e. The minimum absolute atomic E-state index is 0.0468. The van der Waals surface area contributed by atoms with Gasteiger partial charge >= 0.3 is 0 Å². The molecular formula is C21H46N2OS. The van der Waals surface area contributed by atoms with Gasteiger partial charge in [-0.25, -0.2) is 0 Å². The van der Waals surface area contributed by atoms with Crippen LogP contribution in [0.3, 0.4) is 0 Å². The van der Waals surface area contributed by atoms with E-state index in [2.05, 4.69) is 23.6 Å². The predicted octanol–water partition coefficient (Wildman–Crippen LogP) is 6.23. The van der Waals surface area contributed by atoms with Gasteiger partial charge in [0.25, 0.3) is 0 Å². The number of anilines is 1. The molecule has 0 amide bonds. The van der Waals surface area contributed by atoms with Gasteiger partial charge in [-0.1, -0.05) is 81.5 Å². The van der Waals surface area contributed by atoms with Gasteiger partial charge in [-0.05, 0) is 33.0 Å². The summed E-state index contributed by atoms with van der Waals surface area (Å²) in [6, 6.07) is 0. The second-order valence-electron chi connectivity index (χ2n) is 4.43. The van der Waals surface area contributed by atoms with Crippen LogP contribution in [-0.2, 0) is 0 Å². The summed E-state index contributed by atoms with van der Waals surface area (Å²) < 4.78 is 0.507. The summed E-state index contributed by atoms with van der Waals surface area (Å²) >= 11 is 5.07. The van der Waals surface area contributed by atoms with Crippen molar-refractivity contribution in [1.29, 1.82) is 0 Å². The zero-order valence-electron chi connectivity index (χ0n) is 19.2. The van der Waals surface area contributed by atoms with Gasteiger partial charge in [-0.3, -0.25) is 4.79 Å². The highest BCUT2D eigenvalue weighted by molar-refractivity contribution is 7.71. The van der Waals surface area contributed by atoms with E-state index >= 15 is 0 Å². The Morgan fingerprint density at radius 1 is 0.840 bits per heavy atom. The molecule has 0 unspecified atom stereocenters. The molecule has 0 aromatic heterocycles. The lowest BCUT2D eigenvalue weighted by Gasteiger charge is -2.25.